The highest BCUT2D eigenvalue weighted by atomic mass is 32.1. The predicted molar refractivity (Wildman–Crippen MR) is 93.0 cm³/mol. The van der Waals surface area contributed by atoms with Crippen LogP contribution in [0.2, 0.25) is 0 Å². The highest BCUT2D eigenvalue weighted by molar-refractivity contribution is 7.17. The second-order valence-electron chi connectivity index (χ2n) is 5.43. The largest absolute Gasteiger partial charge is 0.383 e. The van der Waals surface area contributed by atoms with Gasteiger partial charge < -0.3 is 15.5 Å². The standard InChI is InChI=1S/C16H22N4OS/c1-11(10-17-13-8-6-5-7-9-13)18-15(21)14-12(2)19-16(22-14)20(3)4/h5-9,11,17H,10H2,1-4H3,(H,18,21)/t11-/m1/s1. The van der Waals surface area contributed by atoms with Gasteiger partial charge >= 0.3 is 0 Å². The molecule has 22 heavy (non-hydrogen) atoms. The normalized spacial score (nSPS) is 11.8. The number of rotatable bonds is 6. The zero-order valence-corrected chi connectivity index (χ0v) is 14.2. The van der Waals surface area contributed by atoms with Crippen molar-refractivity contribution in [2.24, 2.45) is 0 Å². The Morgan fingerprint density at radius 1 is 1.32 bits per heavy atom. The van der Waals surface area contributed by atoms with Crippen LogP contribution in [-0.4, -0.2) is 37.6 Å². The van der Waals surface area contributed by atoms with E-state index in [0.29, 0.717) is 11.4 Å². The number of aryl methyl sites for hydroxylation is 1. The van der Waals surface area contributed by atoms with E-state index in [-0.39, 0.29) is 11.9 Å². The lowest BCUT2D eigenvalue weighted by Gasteiger charge is -2.15. The van der Waals surface area contributed by atoms with Crippen LogP contribution in [0.25, 0.3) is 0 Å². The van der Waals surface area contributed by atoms with Crippen LogP contribution in [0.1, 0.15) is 22.3 Å². The van der Waals surface area contributed by atoms with E-state index in [1.54, 1.807) is 0 Å². The van der Waals surface area contributed by atoms with Gasteiger partial charge in [-0.1, -0.05) is 29.5 Å². The maximum atomic E-state index is 12.3. The number of para-hydroxylation sites is 1. The summed E-state index contributed by atoms with van der Waals surface area (Å²) >= 11 is 1.41. The van der Waals surface area contributed by atoms with E-state index in [1.165, 1.54) is 11.3 Å². The van der Waals surface area contributed by atoms with Crippen LogP contribution in [0.15, 0.2) is 30.3 Å². The Morgan fingerprint density at radius 2 is 2.00 bits per heavy atom. The molecule has 2 rings (SSSR count). The van der Waals surface area contributed by atoms with Gasteiger partial charge in [0, 0.05) is 32.4 Å². The molecule has 0 unspecified atom stereocenters. The van der Waals surface area contributed by atoms with Gasteiger partial charge in [-0.05, 0) is 26.0 Å². The first-order valence-corrected chi connectivity index (χ1v) is 8.03. The van der Waals surface area contributed by atoms with Crippen molar-refractivity contribution in [2.45, 2.75) is 19.9 Å². The molecule has 0 radical (unpaired) electrons. The molecule has 0 bridgehead atoms. The second kappa shape index (κ2) is 7.26. The van der Waals surface area contributed by atoms with Crippen LogP contribution in [0.4, 0.5) is 10.8 Å². The molecule has 1 amide bonds. The fourth-order valence-corrected chi connectivity index (χ4v) is 2.84. The van der Waals surface area contributed by atoms with E-state index in [9.17, 15) is 4.79 Å². The third kappa shape index (κ3) is 4.21. The van der Waals surface area contributed by atoms with E-state index in [4.69, 9.17) is 0 Å². The minimum Gasteiger partial charge on any atom is -0.383 e. The number of carbonyl (C=O) groups is 1. The van der Waals surface area contributed by atoms with Gasteiger partial charge in [0.25, 0.3) is 5.91 Å². The highest BCUT2D eigenvalue weighted by Crippen LogP contribution is 2.24. The molecule has 0 saturated heterocycles. The van der Waals surface area contributed by atoms with Crippen molar-refractivity contribution in [1.82, 2.24) is 10.3 Å². The smallest absolute Gasteiger partial charge is 0.263 e. The van der Waals surface area contributed by atoms with Crippen molar-refractivity contribution in [3.63, 3.8) is 0 Å². The number of hydrogen-bond acceptors (Lipinski definition) is 5. The first-order valence-electron chi connectivity index (χ1n) is 7.22. The maximum absolute atomic E-state index is 12.3. The minimum absolute atomic E-state index is 0.0250. The average Bonchev–Trinajstić information content (AvgIpc) is 2.88. The Morgan fingerprint density at radius 3 is 2.59 bits per heavy atom. The molecule has 1 heterocycles. The lowest BCUT2D eigenvalue weighted by molar-refractivity contribution is 0.0945. The molecule has 0 fully saturated rings. The first-order chi connectivity index (χ1) is 10.5. The molecule has 1 atom stereocenters. The molecule has 1 aromatic heterocycles. The predicted octanol–water partition coefficient (Wildman–Crippen LogP) is 2.75. The molecule has 118 valence electrons. The van der Waals surface area contributed by atoms with Crippen molar-refractivity contribution in [3.8, 4) is 0 Å². The molecule has 0 spiro atoms. The van der Waals surface area contributed by atoms with E-state index in [2.05, 4.69) is 15.6 Å². The van der Waals surface area contributed by atoms with Gasteiger partial charge in [0.15, 0.2) is 5.13 Å². The van der Waals surface area contributed by atoms with Gasteiger partial charge in [-0.2, -0.15) is 0 Å². The summed E-state index contributed by atoms with van der Waals surface area (Å²) in [5, 5.41) is 7.16. The number of hydrogen-bond donors (Lipinski definition) is 2. The lowest BCUT2D eigenvalue weighted by Crippen LogP contribution is -2.37. The van der Waals surface area contributed by atoms with Crippen LogP contribution in [0.5, 0.6) is 0 Å². The maximum Gasteiger partial charge on any atom is 0.263 e. The summed E-state index contributed by atoms with van der Waals surface area (Å²) in [5.74, 6) is -0.0644. The Labute approximate surface area is 135 Å². The molecule has 0 aliphatic rings. The molecule has 5 nitrogen and oxygen atoms in total. The topological polar surface area (TPSA) is 57.3 Å². The molecule has 2 N–H and O–H groups in total. The number of benzene rings is 1. The van der Waals surface area contributed by atoms with Gasteiger partial charge in [-0.15, -0.1) is 0 Å². The number of aromatic nitrogens is 1. The van der Waals surface area contributed by atoms with Crippen molar-refractivity contribution in [1.29, 1.82) is 0 Å². The Bertz CT molecular complexity index is 624. The molecule has 0 aliphatic carbocycles. The minimum atomic E-state index is -0.0644. The van der Waals surface area contributed by atoms with Crippen LogP contribution >= 0.6 is 11.3 Å². The molecular weight excluding hydrogens is 296 g/mol. The van der Waals surface area contributed by atoms with Crippen molar-refractivity contribution < 1.29 is 4.79 Å². The van der Waals surface area contributed by atoms with Gasteiger partial charge in [0.2, 0.25) is 0 Å². The summed E-state index contributed by atoms with van der Waals surface area (Å²) < 4.78 is 0. The first kappa shape index (κ1) is 16.3. The van der Waals surface area contributed by atoms with Gasteiger partial charge in [0.1, 0.15) is 4.88 Å². The van der Waals surface area contributed by atoms with Gasteiger partial charge in [0.05, 0.1) is 5.69 Å². The van der Waals surface area contributed by atoms with Crippen LogP contribution in [-0.2, 0) is 0 Å². The Kier molecular flexibility index (Phi) is 5.38. The van der Waals surface area contributed by atoms with E-state index in [1.807, 2.05) is 63.2 Å². The fraction of sp³-hybridized carbons (Fsp3) is 0.375. The molecular formula is C16H22N4OS. The third-order valence-corrected chi connectivity index (χ3v) is 4.46. The Hall–Kier alpha value is -2.08. The summed E-state index contributed by atoms with van der Waals surface area (Å²) in [4.78, 5) is 19.3. The van der Waals surface area contributed by atoms with E-state index < -0.39 is 0 Å². The van der Waals surface area contributed by atoms with Gasteiger partial charge in [-0.3, -0.25) is 4.79 Å². The van der Waals surface area contributed by atoms with Gasteiger partial charge in [-0.25, -0.2) is 4.98 Å². The summed E-state index contributed by atoms with van der Waals surface area (Å²) in [6.45, 7) is 4.52. The molecule has 6 heteroatoms. The molecule has 1 aromatic carbocycles. The number of thiazole rings is 1. The average molecular weight is 318 g/mol. The number of amides is 1. The molecule has 2 aromatic rings. The summed E-state index contributed by atoms with van der Waals surface area (Å²) in [7, 11) is 3.85. The molecule has 0 saturated carbocycles. The third-order valence-electron chi connectivity index (χ3n) is 3.14. The summed E-state index contributed by atoms with van der Waals surface area (Å²) in [6.07, 6.45) is 0. The number of nitrogens with zero attached hydrogens (tertiary/aromatic N) is 2. The fourth-order valence-electron chi connectivity index (χ4n) is 1.95. The second-order valence-corrected chi connectivity index (χ2v) is 6.40. The van der Waals surface area contributed by atoms with E-state index >= 15 is 0 Å². The zero-order valence-electron chi connectivity index (χ0n) is 13.4. The van der Waals surface area contributed by atoms with Crippen LogP contribution in [0.3, 0.4) is 0 Å². The zero-order chi connectivity index (χ0) is 16.1. The van der Waals surface area contributed by atoms with Crippen molar-refractivity contribution >= 4 is 28.1 Å². The van der Waals surface area contributed by atoms with Crippen molar-refractivity contribution in [2.75, 3.05) is 30.9 Å². The summed E-state index contributed by atoms with van der Waals surface area (Å²) in [5.41, 5.74) is 1.82. The number of carbonyl (C=O) groups excluding carboxylic acids is 1. The lowest BCUT2D eigenvalue weighted by atomic mass is 10.2. The number of anilines is 2. The Balaban J connectivity index is 1.91. The molecule has 0 aliphatic heterocycles. The summed E-state index contributed by atoms with van der Waals surface area (Å²) in [6, 6.07) is 9.98. The monoisotopic (exact) mass is 318 g/mol. The highest BCUT2D eigenvalue weighted by Gasteiger charge is 2.17. The van der Waals surface area contributed by atoms with Crippen molar-refractivity contribution in [3.05, 3.63) is 40.9 Å². The number of nitrogens with one attached hydrogen (secondary N) is 2. The SMILES string of the molecule is Cc1nc(N(C)C)sc1C(=O)N[C@H](C)CNc1ccccc1. The van der Waals surface area contributed by atoms with E-state index in [0.717, 1.165) is 16.5 Å². The van der Waals surface area contributed by atoms with Crippen LogP contribution < -0.4 is 15.5 Å². The quantitative estimate of drug-likeness (QED) is 0.860. The van der Waals surface area contributed by atoms with Crippen LogP contribution in [0, 0.1) is 6.92 Å².